The molecular formula is C22H26N4O2S. The lowest BCUT2D eigenvalue weighted by Gasteiger charge is -2.16. The molecule has 6 nitrogen and oxygen atoms in total. The average Bonchev–Trinajstić information content (AvgIpc) is 3.29. The number of aryl methyl sites for hydroxylation is 2. The number of hydrogen-bond donors (Lipinski definition) is 4. The highest BCUT2D eigenvalue weighted by molar-refractivity contribution is 7.14. The molecule has 4 N–H and O–H groups in total. The second-order valence-corrected chi connectivity index (χ2v) is 8.99. The third-order valence-electron chi connectivity index (χ3n) is 5.45. The molecule has 7 heteroatoms. The van der Waals surface area contributed by atoms with Crippen LogP contribution in [0.3, 0.4) is 0 Å². The standard InChI is InChI=1S/C22H26N4O2S/c1-13-4-6-19-16(9-13)11-20(29-19)21(27)25-26-22(28)23-8-7-15-12-24-18-10-14(2)3-5-17(15)18/h3,5,10-13,24H,4,6-9H2,1-2H3,(H,25,27)(H2,23,26,28). The Hall–Kier alpha value is -2.80. The molecule has 0 bridgehead atoms. The van der Waals surface area contributed by atoms with Gasteiger partial charge in [-0.2, -0.15) is 0 Å². The number of aromatic nitrogens is 1. The number of hydrazine groups is 1. The lowest BCUT2D eigenvalue weighted by molar-refractivity contribution is 0.0940. The van der Waals surface area contributed by atoms with Crippen LogP contribution in [0.4, 0.5) is 4.79 Å². The maximum atomic E-state index is 12.3. The molecule has 1 aliphatic carbocycles. The quantitative estimate of drug-likeness (QED) is 0.493. The molecule has 0 radical (unpaired) electrons. The summed E-state index contributed by atoms with van der Waals surface area (Å²) in [5.74, 6) is 0.400. The van der Waals surface area contributed by atoms with E-state index in [1.807, 2.05) is 12.3 Å². The molecule has 0 saturated heterocycles. The number of aromatic amines is 1. The summed E-state index contributed by atoms with van der Waals surface area (Å²) in [7, 11) is 0. The monoisotopic (exact) mass is 410 g/mol. The van der Waals surface area contributed by atoms with Gasteiger partial charge >= 0.3 is 6.03 Å². The van der Waals surface area contributed by atoms with Crippen molar-refractivity contribution in [3.8, 4) is 0 Å². The van der Waals surface area contributed by atoms with Crippen molar-refractivity contribution in [1.82, 2.24) is 21.2 Å². The fourth-order valence-corrected chi connectivity index (χ4v) is 4.96. The molecule has 0 aliphatic heterocycles. The summed E-state index contributed by atoms with van der Waals surface area (Å²) >= 11 is 1.53. The lowest BCUT2D eigenvalue weighted by Crippen LogP contribution is -2.47. The van der Waals surface area contributed by atoms with Crippen LogP contribution >= 0.6 is 11.3 Å². The minimum atomic E-state index is -0.413. The first-order valence-electron chi connectivity index (χ1n) is 10.0. The number of thiophene rings is 1. The van der Waals surface area contributed by atoms with Crippen LogP contribution < -0.4 is 16.2 Å². The number of fused-ring (bicyclic) bond motifs is 2. The number of H-pyrrole nitrogens is 1. The molecule has 0 saturated carbocycles. The van der Waals surface area contributed by atoms with Crippen molar-refractivity contribution in [2.45, 2.75) is 39.5 Å². The van der Waals surface area contributed by atoms with Gasteiger partial charge in [0.05, 0.1) is 4.88 Å². The molecule has 1 atom stereocenters. The van der Waals surface area contributed by atoms with E-state index in [-0.39, 0.29) is 5.91 Å². The molecule has 0 spiro atoms. The van der Waals surface area contributed by atoms with Crippen molar-refractivity contribution < 1.29 is 9.59 Å². The third kappa shape index (κ3) is 4.45. The van der Waals surface area contributed by atoms with Crippen LogP contribution in [0.15, 0.2) is 30.5 Å². The van der Waals surface area contributed by atoms with Gasteiger partial charge in [0.15, 0.2) is 0 Å². The van der Waals surface area contributed by atoms with E-state index in [1.165, 1.54) is 39.1 Å². The van der Waals surface area contributed by atoms with Gasteiger partial charge in [-0.05, 0) is 67.3 Å². The highest BCUT2D eigenvalue weighted by atomic mass is 32.1. The number of benzene rings is 1. The van der Waals surface area contributed by atoms with Gasteiger partial charge in [0.1, 0.15) is 0 Å². The van der Waals surface area contributed by atoms with Gasteiger partial charge in [0, 0.05) is 28.5 Å². The van der Waals surface area contributed by atoms with E-state index in [0.717, 1.165) is 23.9 Å². The van der Waals surface area contributed by atoms with Crippen LogP contribution in [0.5, 0.6) is 0 Å². The minimum Gasteiger partial charge on any atom is -0.361 e. The van der Waals surface area contributed by atoms with Crippen molar-refractivity contribution in [2.24, 2.45) is 5.92 Å². The molecule has 152 valence electrons. The maximum absolute atomic E-state index is 12.3. The van der Waals surface area contributed by atoms with E-state index in [9.17, 15) is 9.59 Å². The van der Waals surface area contributed by atoms with Gasteiger partial charge < -0.3 is 10.3 Å². The Balaban J connectivity index is 1.24. The summed E-state index contributed by atoms with van der Waals surface area (Å²) in [6.45, 7) is 4.78. The van der Waals surface area contributed by atoms with E-state index >= 15 is 0 Å². The van der Waals surface area contributed by atoms with Gasteiger partial charge in [-0.25, -0.2) is 10.2 Å². The van der Waals surface area contributed by atoms with Crippen molar-refractivity contribution >= 4 is 34.2 Å². The van der Waals surface area contributed by atoms with Crippen LogP contribution in [0.1, 0.15) is 44.6 Å². The van der Waals surface area contributed by atoms with Crippen LogP contribution in [0.25, 0.3) is 10.9 Å². The summed E-state index contributed by atoms with van der Waals surface area (Å²) in [6.07, 6.45) is 5.92. The van der Waals surface area contributed by atoms with Gasteiger partial charge in [-0.15, -0.1) is 11.3 Å². The van der Waals surface area contributed by atoms with Crippen molar-refractivity contribution in [2.75, 3.05) is 6.54 Å². The average molecular weight is 411 g/mol. The molecule has 3 amide bonds. The number of rotatable bonds is 4. The van der Waals surface area contributed by atoms with Crippen molar-refractivity contribution in [3.05, 3.63) is 56.9 Å². The first-order valence-corrected chi connectivity index (χ1v) is 10.8. The topological polar surface area (TPSA) is 86.0 Å². The molecular weight excluding hydrogens is 384 g/mol. The maximum Gasteiger partial charge on any atom is 0.333 e. The normalized spacial score (nSPS) is 15.7. The summed E-state index contributed by atoms with van der Waals surface area (Å²) < 4.78 is 0. The van der Waals surface area contributed by atoms with E-state index in [1.54, 1.807) is 0 Å². The number of hydrogen-bond acceptors (Lipinski definition) is 3. The highest BCUT2D eigenvalue weighted by Crippen LogP contribution is 2.32. The van der Waals surface area contributed by atoms with Crippen molar-refractivity contribution in [3.63, 3.8) is 0 Å². The third-order valence-corrected chi connectivity index (χ3v) is 6.68. The van der Waals surface area contributed by atoms with Gasteiger partial charge in [-0.1, -0.05) is 19.1 Å². The Labute approximate surface area is 174 Å². The summed E-state index contributed by atoms with van der Waals surface area (Å²) in [4.78, 5) is 29.6. The molecule has 0 fully saturated rings. The lowest BCUT2D eigenvalue weighted by atomic mass is 9.90. The molecule has 1 unspecified atom stereocenters. The fraction of sp³-hybridized carbons (Fsp3) is 0.364. The second kappa shape index (κ2) is 8.29. The van der Waals surface area contributed by atoms with Gasteiger partial charge in [-0.3, -0.25) is 10.2 Å². The summed E-state index contributed by atoms with van der Waals surface area (Å²) in [5.41, 5.74) is 9.69. The Morgan fingerprint density at radius 2 is 2.10 bits per heavy atom. The summed E-state index contributed by atoms with van der Waals surface area (Å²) in [5, 5.41) is 3.95. The SMILES string of the molecule is Cc1ccc2c(CCNC(=O)NNC(=O)c3cc4c(s3)CCC(C)C4)c[nH]c2c1. The first kappa shape index (κ1) is 19.5. The predicted octanol–water partition coefficient (Wildman–Crippen LogP) is 3.85. The Morgan fingerprint density at radius 1 is 1.24 bits per heavy atom. The van der Waals surface area contributed by atoms with Crippen molar-refractivity contribution in [1.29, 1.82) is 0 Å². The number of carbonyl (C=O) groups excluding carboxylic acids is 2. The number of amides is 3. The van der Waals surface area contributed by atoms with Crippen LogP contribution in [-0.2, 0) is 19.3 Å². The molecule has 2 aromatic heterocycles. The predicted molar refractivity (Wildman–Crippen MR) is 116 cm³/mol. The number of nitrogens with one attached hydrogen (secondary N) is 4. The Kier molecular flexibility index (Phi) is 5.58. The minimum absolute atomic E-state index is 0.265. The largest absolute Gasteiger partial charge is 0.361 e. The smallest absolute Gasteiger partial charge is 0.333 e. The first-order chi connectivity index (χ1) is 14.0. The van der Waals surface area contributed by atoms with Crippen LogP contribution in [0.2, 0.25) is 0 Å². The van der Waals surface area contributed by atoms with Crippen LogP contribution in [0, 0.1) is 12.8 Å². The molecule has 29 heavy (non-hydrogen) atoms. The van der Waals surface area contributed by atoms with Gasteiger partial charge in [0.2, 0.25) is 0 Å². The highest BCUT2D eigenvalue weighted by Gasteiger charge is 2.20. The fourth-order valence-electron chi connectivity index (χ4n) is 3.85. The van der Waals surface area contributed by atoms with Gasteiger partial charge in [0.25, 0.3) is 5.91 Å². The number of carbonyl (C=O) groups is 2. The van der Waals surface area contributed by atoms with E-state index in [4.69, 9.17) is 0 Å². The summed E-state index contributed by atoms with van der Waals surface area (Å²) in [6, 6.07) is 7.83. The van der Waals surface area contributed by atoms with E-state index < -0.39 is 6.03 Å². The second-order valence-electron chi connectivity index (χ2n) is 7.86. The molecule has 4 rings (SSSR count). The van der Waals surface area contributed by atoms with Crippen LogP contribution in [-0.4, -0.2) is 23.5 Å². The zero-order valence-electron chi connectivity index (χ0n) is 16.7. The zero-order chi connectivity index (χ0) is 20.4. The molecule has 3 aromatic rings. The number of urea groups is 1. The molecule has 1 aromatic carbocycles. The van der Waals surface area contributed by atoms with E-state index in [0.29, 0.717) is 23.8 Å². The Bertz CT molecular complexity index is 1050. The molecule has 1 aliphatic rings. The Morgan fingerprint density at radius 3 is 2.97 bits per heavy atom. The zero-order valence-corrected chi connectivity index (χ0v) is 17.5. The van der Waals surface area contributed by atoms with E-state index in [2.05, 4.69) is 53.2 Å². The molecule has 2 heterocycles.